The molecule has 11 nitrogen and oxygen atoms in total. The number of phenols is 1. The van der Waals surface area contributed by atoms with Gasteiger partial charge in [0.1, 0.15) is 16.2 Å². The Morgan fingerprint density at radius 2 is 1.85 bits per heavy atom. The van der Waals surface area contributed by atoms with E-state index in [0.717, 1.165) is 21.8 Å². The lowest BCUT2D eigenvalue weighted by atomic mass is 9.96. The maximum Gasteiger partial charge on any atom is 0.350 e. The molecular weight excluding hydrogens is 524 g/mol. The number of benzene rings is 1. The molecule has 200 valence electrons. The Bertz CT molecular complexity index is 1720. The number of hydrogen-bond acceptors (Lipinski definition) is 10. The molecule has 1 fully saturated rings. The molecule has 1 unspecified atom stereocenters. The summed E-state index contributed by atoms with van der Waals surface area (Å²) in [5, 5.41) is 21.8. The molecule has 1 aromatic carbocycles. The number of aliphatic hydroxyl groups excluding tert-OH is 1. The first-order valence-electron chi connectivity index (χ1n) is 11.8. The minimum absolute atomic E-state index is 0.0636. The quantitative estimate of drug-likeness (QED) is 0.164. The van der Waals surface area contributed by atoms with Crippen molar-refractivity contribution in [1.29, 1.82) is 0 Å². The topological polar surface area (TPSA) is 144 Å². The summed E-state index contributed by atoms with van der Waals surface area (Å²) in [6.45, 7) is 5.21. The van der Waals surface area contributed by atoms with E-state index in [1.54, 1.807) is 24.4 Å². The van der Waals surface area contributed by atoms with Crippen LogP contribution in [0.3, 0.4) is 0 Å². The monoisotopic (exact) mass is 548 g/mol. The standard InChI is InChI=1S/C27H24N4O7S/c1-12-7-6-10-30-14(3)19(29-24(12)30)21(33)18-20(15-8-9-16(32)17(11-15)37-4)31(25(35)22(18)34)27-28-13(2)23(39-27)26(36)38-5/h6-11,20,32-33H,1-5H3. The molecular formula is C27H24N4O7S. The second-order valence-electron chi connectivity index (χ2n) is 8.93. The van der Waals surface area contributed by atoms with E-state index in [-0.39, 0.29) is 32.8 Å². The van der Waals surface area contributed by atoms with Crippen LogP contribution in [-0.2, 0) is 14.3 Å². The molecule has 0 spiro atoms. The molecule has 0 radical (unpaired) electrons. The number of thiazole rings is 1. The summed E-state index contributed by atoms with van der Waals surface area (Å²) in [7, 11) is 2.60. The number of ketones is 1. The van der Waals surface area contributed by atoms with Gasteiger partial charge in [-0.15, -0.1) is 0 Å². The van der Waals surface area contributed by atoms with Crippen molar-refractivity contribution in [3.05, 3.63) is 75.2 Å². The number of aryl methyl sites for hydroxylation is 3. The Morgan fingerprint density at radius 3 is 2.51 bits per heavy atom. The summed E-state index contributed by atoms with van der Waals surface area (Å²) in [4.78, 5) is 49.6. The van der Waals surface area contributed by atoms with E-state index in [2.05, 4.69) is 9.97 Å². The predicted octanol–water partition coefficient (Wildman–Crippen LogP) is 3.84. The van der Waals surface area contributed by atoms with Crippen molar-refractivity contribution >= 4 is 45.5 Å². The summed E-state index contributed by atoms with van der Waals surface area (Å²) < 4.78 is 11.9. The molecule has 1 atom stereocenters. The number of aliphatic hydroxyl groups is 1. The van der Waals surface area contributed by atoms with E-state index in [4.69, 9.17) is 9.47 Å². The van der Waals surface area contributed by atoms with Gasteiger partial charge in [-0.25, -0.2) is 14.8 Å². The highest BCUT2D eigenvalue weighted by Crippen LogP contribution is 2.45. The number of carbonyl (C=O) groups excluding carboxylic acids is 3. The van der Waals surface area contributed by atoms with Crippen LogP contribution in [0.1, 0.15) is 43.9 Å². The van der Waals surface area contributed by atoms with Gasteiger partial charge in [-0.3, -0.25) is 14.5 Å². The van der Waals surface area contributed by atoms with E-state index in [0.29, 0.717) is 22.6 Å². The van der Waals surface area contributed by atoms with Crippen LogP contribution in [0.5, 0.6) is 11.5 Å². The number of amides is 1. The largest absolute Gasteiger partial charge is 0.505 e. The number of methoxy groups -OCH3 is 2. The molecule has 1 saturated heterocycles. The molecule has 0 aliphatic carbocycles. The van der Waals surface area contributed by atoms with E-state index >= 15 is 0 Å². The number of ether oxygens (including phenoxy) is 2. The van der Waals surface area contributed by atoms with Crippen LogP contribution in [0, 0.1) is 20.8 Å². The van der Waals surface area contributed by atoms with Gasteiger partial charge in [-0.2, -0.15) is 0 Å². The van der Waals surface area contributed by atoms with E-state index < -0.39 is 29.5 Å². The zero-order valence-electron chi connectivity index (χ0n) is 21.7. The van der Waals surface area contributed by atoms with Crippen molar-refractivity contribution in [3.8, 4) is 11.5 Å². The molecule has 1 aliphatic heterocycles. The minimum Gasteiger partial charge on any atom is -0.505 e. The van der Waals surface area contributed by atoms with Gasteiger partial charge in [-0.1, -0.05) is 23.5 Å². The number of esters is 1. The zero-order chi connectivity index (χ0) is 28.2. The van der Waals surface area contributed by atoms with Gasteiger partial charge in [-0.05, 0) is 50.1 Å². The molecule has 3 aromatic heterocycles. The molecule has 4 aromatic rings. The smallest absolute Gasteiger partial charge is 0.350 e. The maximum absolute atomic E-state index is 13.5. The lowest BCUT2D eigenvalue weighted by molar-refractivity contribution is -0.132. The summed E-state index contributed by atoms with van der Waals surface area (Å²) in [6, 6.07) is 6.89. The zero-order valence-corrected chi connectivity index (χ0v) is 22.5. The molecule has 1 aliphatic rings. The van der Waals surface area contributed by atoms with E-state index in [1.165, 1.54) is 32.4 Å². The van der Waals surface area contributed by atoms with Crippen LogP contribution in [0.15, 0.2) is 42.1 Å². The Labute approximate surface area is 226 Å². The van der Waals surface area contributed by atoms with Gasteiger partial charge in [0.15, 0.2) is 22.4 Å². The third-order valence-electron chi connectivity index (χ3n) is 6.63. The molecule has 1 amide bonds. The predicted molar refractivity (Wildman–Crippen MR) is 142 cm³/mol. The van der Waals surface area contributed by atoms with Crippen molar-refractivity contribution in [2.24, 2.45) is 0 Å². The Hall–Kier alpha value is -4.71. The molecule has 39 heavy (non-hydrogen) atoms. The number of aromatic nitrogens is 3. The van der Waals surface area contributed by atoms with Crippen LogP contribution in [0.4, 0.5) is 5.13 Å². The number of hydrogen-bond donors (Lipinski definition) is 2. The van der Waals surface area contributed by atoms with Gasteiger partial charge in [0.25, 0.3) is 5.78 Å². The van der Waals surface area contributed by atoms with E-state index in [1.807, 2.05) is 19.1 Å². The summed E-state index contributed by atoms with van der Waals surface area (Å²) in [5.74, 6) is -3.05. The third kappa shape index (κ3) is 4.00. The third-order valence-corrected chi connectivity index (χ3v) is 7.77. The number of anilines is 1. The lowest BCUT2D eigenvalue weighted by Crippen LogP contribution is -2.29. The van der Waals surface area contributed by atoms with Gasteiger partial charge in [0.05, 0.1) is 37.2 Å². The molecule has 0 bridgehead atoms. The number of rotatable bonds is 5. The minimum atomic E-state index is -1.17. The fraction of sp³-hybridized carbons (Fsp3) is 0.222. The second-order valence-corrected chi connectivity index (χ2v) is 9.91. The molecule has 12 heteroatoms. The molecule has 0 saturated carbocycles. The molecule has 5 rings (SSSR count). The van der Waals surface area contributed by atoms with Crippen LogP contribution in [-0.4, -0.2) is 56.5 Å². The number of fused-ring (bicyclic) bond motifs is 1. The van der Waals surface area contributed by atoms with Crippen molar-refractivity contribution in [2.75, 3.05) is 19.1 Å². The van der Waals surface area contributed by atoms with Crippen molar-refractivity contribution in [3.63, 3.8) is 0 Å². The van der Waals surface area contributed by atoms with Crippen molar-refractivity contribution in [1.82, 2.24) is 14.4 Å². The molecule has 2 N–H and O–H groups in total. The first-order chi connectivity index (χ1) is 18.6. The first kappa shape index (κ1) is 25.9. The van der Waals surface area contributed by atoms with Crippen LogP contribution >= 0.6 is 11.3 Å². The van der Waals surface area contributed by atoms with Gasteiger partial charge >= 0.3 is 11.9 Å². The van der Waals surface area contributed by atoms with Gasteiger partial charge in [0, 0.05) is 6.20 Å². The fourth-order valence-corrected chi connectivity index (χ4v) is 5.66. The number of carbonyl (C=O) groups is 3. The van der Waals surface area contributed by atoms with Crippen LogP contribution in [0.2, 0.25) is 0 Å². The Kier molecular flexibility index (Phi) is 6.35. The first-order valence-corrected chi connectivity index (χ1v) is 12.6. The summed E-state index contributed by atoms with van der Waals surface area (Å²) in [5.41, 5.74) is 2.61. The van der Waals surface area contributed by atoms with E-state index in [9.17, 15) is 24.6 Å². The summed E-state index contributed by atoms with van der Waals surface area (Å²) in [6.07, 6.45) is 1.79. The summed E-state index contributed by atoms with van der Waals surface area (Å²) >= 11 is 0.888. The average molecular weight is 549 g/mol. The Balaban J connectivity index is 1.78. The molecule has 4 heterocycles. The highest BCUT2D eigenvalue weighted by Gasteiger charge is 2.49. The van der Waals surface area contributed by atoms with Crippen LogP contribution in [0.25, 0.3) is 11.4 Å². The highest BCUT2D eigenvalue weighted by atomic mass is 32.1. The number of aromatic hydroxyl groups is 1. The van der Waals surface area contributed by atoms with Crippen molar-refractivity contribution in [2.45, 2.75) is 26.8 Å². The number of imidazole rings is 1. The normalized spacial score (nSPS) is 16.7. The second kappa shape index (κ2) is 9.55. The van der Waals surface area contributed by atoms with Crippen molar-refractivity contribution < 1.29 is 34.1 Å². The maximum atomic E-state index is 13.5. The highest BCUT2D eigenvalue weighted by molar-refractivity contribution is 7.17. The Morgan fingerprint density at radius 1 is 1.10 bits per heavy atom. The average Bonchev–Trinajstić information content (AvgIpc) is 3.55. The number of phenolic OH excluding ortho intramolecular Hbond substituents is 1. The lowest BCUT2D eigenvalue weighted by Gasteiger charge is -2.23. The fourth-order valence-electron chi connectivity index (χ4n) is 4.65. The van der Waals surface area contributed by atoms with Gasteiger partial charge in [0.2, 0.25) is 0 Å². The number of Topliss-reactive ketones (excluding diaryl/α,β-unsaturated/α-hetero) is 1. The van der Waals surface area contributed by atoms with Crippen LogP contribution < -0.4 is 9.64 Å². The number of nitrogens with zero attached hydrogens (tertiary/aromatic N) is 4. The SMILES string of the molecule is COC(=O)c1sc(N2C(=O)C(=O)C(=C(O)c3nc4c(C)cccn4c3C)C2c2ccc(O)c(OC)c2)nc1C. The number of pyridine rings is 1. The van der Waals surface area contributed by atoms with Gasteiger partial charge < -0.3 is 24.1 Å².